The predicted molar refractivity (Wildman–Crippen MR) is 268 cm³/mol. The molecular weight excluding hydrogens is 979 g/mol. The third kappa shape index (κ3) is 10.8. The van der Waals surface area contributed by atoms with Gasteiger partial charge in [0.2, 0.25) is 13.6 Å². The van der Waals surface area contributed by atoms with Crippen molar-refractivity contribution in [1.29, 1.82) is 0 Å². The molecule has 8 aromatic carbocycles. The number of nitrogens with two attached hydrogens (primary N) is 2. The monoisotopic (exact) mass is 1030 g/mol. The number of hydrogen-bond acceptors (Lipinski definition) is 7. The molecule has 0 bridgehead atoms. The Morgan fingerprint density at radius 3 is 0.985 bits per heavy atom. The number of rotatable bonds is 11. The molecule has 328 valence electrons. The summed E-state index contributed by atoms with van der Waals surface area (Å²) in [7, 11) is 6.53. The Labute approximate surface area is 398 Å². The van der Waals surface area contributed by atoms with E-state index in [0.717, 1.165) is 21.7 Å². The van der Waals surface area contributed by atoms with E-state index in [4.69, 9.17) is 49.8 Å². The molecule has 2 aliphatic rings. The number of aliphatic hydroxyl groups excluding tert-OH is 1. The predicted octanol–water partition coefficient (Wildman–Crippen LogP) is 8.97. The third-order valence-electron chi connectivity index (χ3n) is 11.2. The van der Waals surface area contributed by atoms with E-state index in [9.17, 15) is 5.11 Å². The molecule has 0 radical (unpaired) electrons. The van der Waals surface area contributed by atoms with Gasteiger partial charge >= 0.3 is 34.5 Å². The van der Waals surface area contributed by atoms with Gasteiger partial charge in [-0.2, -0.15) is 0 Å². The molecule has 8 aromatic rings. The van der Waals surface area contributed by atoms with Gasteiger partial charge in [0.15, 0.2) is 23.0 Å². The maximum atomic E-state index is 12.9. The van der Waals surface area contributed by atoms with E-state index >= 15 is 0 Å². The van der Waals surface area contributed by atoms with Gasteiger partial charge in [-0.15, -0.1) is 0 Å². The summed E-state index contributed by atoms with van der Waals surface area (Å²) in [6.45, 7) is 0.194. The molecule has 2 aliphatic heterocycles. The van der Waals surface area contributed by atoms with E-state index in [1.807, 2.05) is 97.1 Å². The van der Waals surface area contributed by atoms with Crippen molar-refractivity contribution in [2.45, 2.75) is 18.2 Å². The van der Waals surface area contributed by atoms with Crippen LogP contribution >= 0.6 is 35.2 Å². The van der Waals surface area contributed by atoms with Gasteiger partial charge in [-0.05, 0) is 83.9 Å². The number of ether oxygens (including phenoxy) is 4. The van der Waals surface area contributed by atoms with Crippen LogP contribution in [0.3, 0.4) is 0 Å². The summed E-state index contributed by atoms with van der Waals surface area (Å²) in [6.07, 6.45) is -1.09. The first-order valence-corrected chi connectivity index (χ1v) is 28.4. The van der Waals surface area contributed by atoms with Gasteiger partial charge in [-0.3, -0.25) is 0 Å². The van der Waals surface area contributed by atoms with E-state index < -0.39 is 21.9 Å². The fraction of sp³-hybridized carbons (Fsp3) is 0.0943. The average molecular weight is 1030 g/mol. The van der Waals surface area contributed by atoms with Gasteiger partial charge in [-0.1, -0.05) is 133 Å². The van der Waals surface area contributed by atoms with E-state index in [-0.39, 0.29) is 40.8 Å². The van der Waals surface area contributed by atoms with Crippen LogP contribution in [0.25, 0.3) is 0 Å². The van der Waals surface area contributed by atoms with E-state index in [1.54, 1.807) is 0 Å². The van der Waals surface area contributed by atoms with Gasteiger partial charge in [0.05, 0.1) is 27.0 Å². The van der Waals surface area contributed by atoms with Crippen LogP contribution in [0.15, 0.2) is 206 Å². The Bertz CT molecular complexity index is 2470. The second-order valence-electron chi connectivity index (χ2n) is 15.1. The van der Waals surface area contributed by atoms with Crippen LogP contribution in [0.4, 0.5) is 0 Å². The summed E-state index contributed by atoms with van der Waals surface area (Å²) in [5.74, 6) is 2.41. The number of benzene rings is 8. The first-order valence-electron chi connectivity index (χ1n) is 20.9. The summed E-state index contributed by atoms with van der Waals surface area (Å²) in [5, 5.41) is 19.8. The number of halogens is 2. The van der Waals surface area contributed by atoms with Crippen LogP contribution in [0.2, 0.25) is 0 Å². The molecule has 0 saturated carbocycles. The van der Waals surface area contributed by atoms with Crippen LogP contribution < -0.4 is 62.2 Å². The fourth-order valence-electron chi connectivity index (χ4n) is 8.25. The van der Waals surface area contributed by atoms with Gasteiger partial charge in [0, 0.05) is 12.1 Å². The Balaban J connectivity index is 0.000000253. The second kappa shape index (κ2) is 22.9. The zero-order chi connectivity index (χ0) is 45.0. The molecule has 0 aliphatic carbocycles. The van der Waals surface area contributed by atoms with Gasteiger partial charge in [0.25, 0.3) is 0 Å². The van der Waals surface area contributed by atoms with E-state index in [2.05, 4.69) is 109 Å². The minimum atomic E-state index is -1.59. The van der Waals surface area contributed by atoms with Gasteiger partial charge in [-0.25, -0.2) is 0 Å². The molecular formula is C53H48Cl2N2O5P2Ru+4. The topological polar surface area (TPSA) is 109 Å². The van der Waals surface area contributed by atoms with Crippen molar-refractivity contribution < 1.29 is 39.2 Å². The molecule has 7 nitrogen and oxygen atoms in total. The van der Waals surface area contributed by atoms with Gasteiger partial charge < -0.3 is 35.5 Å². The van der Waals surface area contributed by atoms with E-state index in [1.165, 1.54) is 21.2 Å². The first kappa shape index (κ1) is 46.4. The molecule has 0 fully saturated rings. The Hall–Kier alpha value is -5.10. The molecule has 12 heteroatoms. The number of hydrogen-bond donors (Lipinski definition) is 3. The fourth-order valence-corrected chi connectivity index (χ4v) is 13.8. The Kier molecular flexibility index (Phi) is 16.3. The van der Waals surface area contributed by atoms with Crippen molar-refractivity contribution in [2.75, 3.05) is 13.6 Å². The standard InChI is InChI=1S/C39H30O5P2.C14H16N2.2ClH.Ru/c40-37(35-33(23-21-31-38(35)43-25-41-31)45(27-13-5-1-6-14-27)28-15-7-2-8-16-28)36-34(24-22-32-39(36)44-26-42-32)46(29-17-9-3-10-18-29)30-19-11-4-12-20-30;15-13(11-7-3-1-4-8-11)14(16)12-9-5-2-6-10-12;;;/h1-24,37,40H,25-26H2;1-10,13-14H,15-16H2;2*1H;/q;;;;+4. The first-order chi connectivity index (χ1) is 32.0. The molecule has 0 amide bonds. The second-order valence-corrected chi connectivity index (χ2v) is 22.6. The van der Waals surface area contributed by atoms with Crippen molar-refractivity contribution in [3.05, 3.63) is 229 Å². The van der Waals surface area contributed by atoms with Crippen molar-refractivity contribution in [3.63, 3.8) is 0 Å². The molecule has 0 saturated heterocycles. The van der Waals surface area contributed by atoms with Crippen molar-refractivity contribution in [1.82, 2.24) is 0 Å². The quantitative estimate of drug-likeness (QED) is 0.0878. The van der Waals surface area contributed by atoms with Crippen molar-refractivity contribution >= 4 is 67.1 Å². The third-order valence-corrected chi connectivity index (χ3v) is 16.8. The summed E-state index contributed by atoms with van der Waals surface area (Å²) in [4.78, 5) is 0. The molecule has 0 spiro atoms. The molecule has 65 heavy (non-hydrogen) atoms. The summed E-state index contributed by atoms with van der Waals surface area (Å²) < 4.78 is 24.2. The zero-order valence-corrected chi connectivity index (χ0v) is 40.4. The molecule has 0 aromatic heterocycles. The SMILES string of the molecule is NC(c1ccccc1)C(N)c1ccccc1.OC(c1c([PH+](c2ccccc2)c2ccccc2)ccc2c1OCO2)c1c([PH+](c2ccccc2)c2ccccc2)ccc2c1OCO2.[Cl][Ru+2][Cl]. The molecule has 5 N–H and O–H groups in total. The van der Waals surface area contributed by atoms with Crippen molar-refractivity contribution in [2.24, 2.45) is 11.5 Å². The van der Waals surface area contributed by atoms with Crippen molar-refractivity contribution in [3.8, 4) is 23.0 Å². The number of aliphatic hydroxyl groups is 1. The molecule has 2 unspecified atom stereocenters. The number of fused-ring (bicyclic) bond motifs is 2. The van der Waals surface area contributed by atoms with Crippen LogP contribution in [-0.2, 0) is 15.1 Å². The average Bonchev–Trinajstić information content (AvgIpc) is 4.06. The molecule has 2 atom stereocenters. The summed E-state index contributed by atoms with van der Waals surface area (Å²) >= 11 is -0.346. The minimum absolute atomic E-state index is 0.0969. The van der Waals surface area contributed by atoms with Crippen LogP contribution in [0.1, 0.15) is 40.4 Å². The Morgan fingerprint density at radius 1 is 0.415 bits per heavy atom. The molecule has 2 heterocycles. The normalized spacial score (nSPS) is 13.1. The zero-order valence-electron chi connectivity index (χ0n) is 35.1. The maximum absolute atomic E-state index is 12.9. The van der Waals surface area contributed by atoms with Crippen LogP contribution in [0.5, 0.6) is 23.0 Å². The van der Waals surface area contributed by atoms with Crippen LogP contribution in [0, 0.1) is 0 Å². The van der Waals surface area contributed by atoms with Crippen LogP contribution in [-0.4, -0.2) is 18.7 Å². The summed E-state index contributed by atoms with van der Waals surface area (Å²) in [5.41, 5.74) is 15.9. The molecule has 10 rings (SSSR count). The Morgan fingerprint density at radius 2 is 0.692 bits per heavy atom. The summed E-state index contributed by atoms with van der Waals surface area (Å²) in [6, 6.07) is 69.9. The van der Waals surface area contributed by atoms with Gasteiger partial charge in [0.1, 0.15) is 37.9 Å². The van der Waals surface area contributed by atoms with E-state index in [0.29, 0.717) is 34.1 Å².